The lowest BCUT2D eigenvalue weighted by atomic mass is 10.1. The number of hydrogen-bond donors (Lipinski definition) is 1. The number of anilines is 1. The van der Waals surface area contributed by atoms with E-state index >= 15 is 0 Å². The maximum atomic E-state index is 14.0. The zero-order valence-corrected chi connectivity index (χ0v) is 24.5. The van der Waals surface area contributed by atoms with Crippen LogP contribution in [-0.2, 0) is 26.2 Å². The van der Waals surface area contributed by atoms with E-state index in [0.717, 1.165) is 16.3 Å². The Bertz CT molecular complexity index is 1370. The van der Waals surface area contributed by atoms with Gasteiger partial charge in [-0.25, -0.2) is 8.42 Å². The van der Waals surface area contributed by atoms with E-state index in [2.05, 4.69) is 5.32 Å². The fourth-order valence-electron chi connectivity index (χ4n) is 4.03. The van der Waals surface area contributed by atoms with E-state index in [1.165, 1.54) is 35.2 Å². The molecule has 0 spiro atoms. The van der Waals surface area contributed by atoms with Crippen LogP contribution in [0.5, 0.6) is 0 Å². The molecule has 208 valence electrons. The minimum atomic E-state index is -4.20. The summed E-state index contributed by atoms with van der Waals surface area (Å²) in [5.41, 5.74) is 1.04. The van der Waals surface area contributed by atoms with Crippen LogP contribution in [0.4, 0.5) is 5.69 Å². The van der Waals surface area contributed by atoms with Crippen LogP contribution in [0.2, 0.25) is 10.0 Å². The van der Waals surface area contributed by atoms with Gasteiger partial charge in [-0.05, 0) is 67.8 Å². The van der Waals surface area contributed by atoms with Gasteiger partial charge >= 0.3 is 0 Å². The molecule has 2 atom stereocenters. The number of nitrogens with zero attached hydrogens (tertiary/aromatic N) is 2. The Morgan fingerprint density at radius 3 is 2.13 bits per heavy atom. The van der Waals surface area contributed by atoms with Gasteiger partial charge in [-0.1, -0.05) is 73.4 Å². The predicted octanol–water partition coefficient (Wildman–Crippen LogP) is 5.91. The van der Waals surface area contributed by atoms with Gasteiger partial charge in [0.05, 0.1) is 10.6 Å². The molecule has 0 heterocycles. The summed E-state index contributed by atoms with van der Waals surface area (Å²) in [6.45, 7) is 5.28. The second-order valence-corrected chi connectivity index (χ2v) is 11.9. The molecule has 0 radical (unpaired) electrons. The summed E-state index contributed by atoms with van der Waals surface area (Å²) in [7, 11) is -4.20. The highest BCUT2D eigenvalue weighted by atomic mass is 35.5. The van der Waals surface area contributed by atoms with Crippen LogP contribution in [0.1, 0.15) is 39.2 Å². The number of rotatable bonds is 12. The van der Waals surface area contributed by atoms with Crippen molar-refractivity contribution in [2.24, 2.45) is 0 Å². The normalized spacial score (nSPS) is 12.8. The van der Waals surface area contributed by atoms with Crippen LogP contribution in [0.15, 0.2) is 83.8 Å². The van der Waals surface area contributed by atoms with Gasteiger partial charge in [-0.15, -0.1) is 0 Å². The van der Waals surface area contributed by atoms with E-state index < -0.39 is 28.5 Å². The van der Waals surface area contributed by atoms with E-state index in [1.807, 2.05) is 51.1 Å². The molecule has 0 aliphatic carbocycles. The van der Waals surface area contributed by atoms with E-state index in [0.29, 0.717) is 16.5 Å². The lowest BCUT2D eigenvalue weighted by molar-refractivity contribution is -0.140. The Kier molecular flexibility index (Phi) is 10.8. The number of sulfonamides is 1. The van der Waals surface area contributed by atoms with Gasteiger partial charge in [-0.3, -0.25) is 13.9 Å². The average Bonchev–Trinajstić information content (AvgIpc) is 2.92. The molecule has 39 heavy (non-hydrogen) atoms. The summed E-state index contributed by atoms with van der Waals surface area (Å²) in [5.74, 6) is -0.812. The van der Waals surface area contributed by atoms with Crippen LogP contribution >= 0.6 is 23.2 Å². The summed E-state index contributed by atoms with van der Waals surface area (Å²) in [6, 6.07) is 20.4. The number of nitrogens with one attached hydrogen (secondary N) is 1. The standard InChI is InChI=1S/C29H33Cl2N3O4S/c1-4-21(3)32-29(36)27(5-2)33(19-22-10-7-6-8-11-22)28(35)20-34(25-13-9-12-24(31)18-25)39(37,38)26-16-14-23(30)15-17-26/h6-18,21,27H,4-5,19-20H2,1-3H3,(H,32,36)/t21-,27+/m0/s1. The van der Waals surface area contributed by atoms with Crippen molar-refractivity contribution in [2.75, 3.05) is 10.8 Å². The largest absolute Gasteiger partial charge is 0.352 e. The third-order valence-electron chi connectivity index (χ3n) is 6.36. The first-order valence-electron chi connectivity index (χ1n) is 12.7. The third-order valence-corrected chi connectivity index (χ3v) is 8.63. The van der Waals surface area contributed by atoms with E-state index in [4.69, 9.17) is 23.2 Å². The molecule has 3 aromatic rings. The number of benzene rings is 3. The van der Waals surface area contributed by atoms with Crippen LogP contribution in [0.25, 0.3) is 0 Å². The van der Waals surface area contributed by atoms with Gasteiger partial charge in [0, 0.05) is 22.6 Å². The lowest BCUT2D eigenvalue weighted by Crippen LogP contribution is -2.53. The maximum Gasteiger partial charge on any atom is 0.264 e. The van der Waals surface area contributed by atoms with Crippen molar-refractivity contribution in [2.45, 2.75) is 57.1 Å². The molecule has 7 nitrogen and oxygen atoms in total. The van der Waals surface area contributed by atoms with Crippen molar-refractivity contribution in [3.8, 4) is 0 Å². The molecule has 0 aliphatic heterocycles. The van der Waals surface area contributed by atoms with Crippen LogP contribution < -0.4 is 9.62 Å². The fourth-order valence-corrected chi connectivity index (χ4v) is 5.75. The number of amides is 2. The van der Waals surface area contributed by atoms with Crippen molar-refractivity contribution in [3.63, 3.8) is 0 Å². The van der Waals surface area contributed by atoms with E-state index in [1.54, 1.807) is 18.2 Å². The quantitative estimate of drug-likeness (QED) is 0.284. The molecule has 1 N–H and O–H groups in total. The van der Waals surface area contributed by atoms with E-state index in [-0.39, 0.29) is 29.1 Å². The van der Waals surface area contributed by atoms with Gasteiger partial charge in [0.25, 0.3) is 10.0 Å². The zero-order chi connectivity index (χ0) is 28.6. The first-order chi connectivity index (χ1) is 18.6. The highest BCUT2D eigenvalue weighted by Crippen LogP contribution is 2.27. The zero-order valence-electron chi connectivity index (χ0n) is 22.2. The van der Waals surface area contributed by atoms with Crippen LogP contribution in [0, 0.1) is 0 Å². The van der Waals surface area contributed by atoms with Crippen molar-refractivity contribution < 1.29 is 18.0 Å². The summed E-state index contributed by atoms with van der Waals surface area (Å²) in [4.78, 5) is 28.7. The van der Waals surface area contributed by atoms with Crippen molar-refractivity contribution >= 4 is 50.7 Å². The fraction of sp³-hybridized carbons (Fsp3) is 0.310. The Hall–Kier alpha value is -3.07. The Labute approximate surface area is 240 Å². The molecular formula is C29H33Cl2N3O4S. The molecule has 3 aromatic carbocycles. The monoisotopic (exact) mass is 589 g/mol. The molecule has 0 aliphatic rings. The summed E-state index contributed by atoms with van der Waals surface area (Å²) >= 11 is 12.2. The number of hydrogen-bond acceptors (Lipinski definition) is 4. The molecule has 0 bridgehead atoms. The number of carbonyl (C=O) groups excluding carboxylic acids is 2. The van der Waals surface area contributed by atoms with Gasteiger partial charge in [0.2, 0.25) is 11.8 Å². The van der Waals surface area contributed by atoms with Gasteiger partial charge < -0.3 is 10.2 Å². The molecular weight excluding hydrogens is 557 g/mol. The SMILES string of the molecule is CC[C@H](C(=O)N[C@@H](C)CC)N(Cc1ccccc1)C(=O)CN(c1cccc(Cl)c1)S(=O)(=O)c1ccc(Cl)cc1. The molecule has 0 aromatic heterocycles. The third kappa shape index (κ3) is 7.97. The first-order valence-corrected chi connectivity index (χ1v) is 14.9. The molecule has 0 saturated heterocycles. The molecule has 2 amide bonds. The summed E-state index contributed by atoms with van der Waals surface area (Å²) in [5, 5.41) is 3.66. The van der Waals surface area contributed by atoms with Crippen molar-refractivity contribution in [3.05, 3.63) is 94.5 Å². The van der Waals surface area contributed by atoms with Gasteiger partial charge in [0.15, 0.2) is 0 Å². The van der Waals surface area contributed by atoms with Crippen molar-refractivity contribution in [1.29, 1.82) is 0 Å². The second-order valence-electron chi connectivity index (χ2n) is 9.19. The molecule has 0 fully saturated rings. The summed E-state index contributed by atoms with van der Waals surface area (Å²) in [6.07, 6.45) is 1.08. The molecule has 0 saturated carbocycles. The Morgan fingerprint density at radius 1 is 0.872 bits per heavy atom. The van der Waals surface area contributed by atoms with Crippen LogP contribution in [-0.4, -0.2) is 43.8 Å². The Balaban J connectivity index is 2.04. The average molecular weight is 591 g/mol. The molecule has 0 unspecified atom stereocenters. The minimum absolute atomic E-state index is 0.0316. The smallest absolute Gasteiger partial charge is 0.264 e. The van der Waals surface area contributed by atoms with Crippen LogP contribution in [0.3, 0.4) is 0 Å². The Morgan fingerprint density at radius 2 is 1.54 bits per heavy atom. The minimum Gasteiger partial charge on any atom is -0.352 e. The van der Waals surface area contributed by atoms with Gasteiger partial charge in [0.1, 0.15) is 12.6 Å². The topological polar surface area (TPSA) is 86.8 Å². The predicted molar refractivity (Wildman–Crippen MR) is 156 cm³/mol. The highest BCUT2D eigenvalue weighted by molar-refractivity contribution is 7.92. The van der Waals surface area contributed by atoms with E-state index in [9.17, 15) is 18.0 Å². The summed E-state index contributed by atoms with van der Waals surface area (Å²) < 4.78 is 28.7. The van der Waals surface area contributed by atoms with Crippen molar-refractivity contribution in [1.82, 2.24) is 10.2 Å². The molecule has 10 heteroatoms. The number of halogens is 2. The highest BCUT2D eigenvalue weighted by Gasteiger charge is 2.34. The lowest BCUT2D eigenvalue weighted by Gasteiger charge is -2.33. The number of carbonyl (C=O) groups is 2. The first kappa shape index (κ1) is 30.5. The van der Waals surface area contributed by atoms with Gasteiger partial charge in [-0.2, -0.15) is 0 Å². The molecule has 3 rings (SSSR count). The maximum absolute atomic E-state index is 14.0. The second kappa shape index (κ2) is 13.8.